The van der Waals surface area contributed by atoms with Crippen LogP contribution in [-0.4, -0.2) is 63.9 Å². The lowest BCUT2D eigenvalue weighted by atomic mass is 10.1. The molecule has 1 saturated heterocycles. The van der Waals surface area contributed by atoms with Crippen molar-refractivity contribution in [3.63, 3.8) is 0 Å². The molecule has 1 aromatic rings. The Labute approximate surface area is 143 Å². The Balaban J connectivity index is 2.41. The summed E-state index contributed by atoms with van der Waals surface area (Å²) < 4.78 is 31.2. The molecule has 2 unspecified atom stereocenters. The molecule has 8 heteroatoms. The first kappa shape index (κ1) is 18.7. The number of nitrogens with two attached hydrogens (primary N) is 1. The van der Waals surface area contributed by atoms with Crippen LogP contribution in [0.15, 0.2) is 23.1 Å². The Morgan fingerprint density at radius 1 is 1.42 bits per heavy atom. The number of hydrogen-bond donors (Lipinski definition) is 1. The van der Waals surface area contributed by atoms with Crippen LogP contribution in [0, 0.1) is 5.92 Å². The summed E-state index contributed by atoms with van der Waals surface area (Å²) in [4.78, 5) is 14.5. The summed E-state index contributed by atoms with van der Waals surface area (Å²) in [5.41, 5.74) is 6.04. The van der Waals surface area contributed by atoms with E-state index in [1.54, 1.807) is 11.0 Å². The number of carbonyl (C=O) groups is 1. The van der Waals surface area contributed by atoms with Crippen molar-refractivity contribution in [2.75, 3.05) is 34.3 Å². The highest BCUT2D eigenvalue weighted by atomic mass is 32.2. The lowest BCUT2D eigenvalue weighted by Crippen LogP contribution is -2.34. The van der Waals surface area contributed by atoms with Crippen LogP contribution in [0.2, 0.25) is 0 Å². The molecular formula is C16H25N3O4S. The number of hydrogen-bond acceptors (Lipinski definition) is 5. The summed E-state index contributed by atoms with van der Waals surface area (Å²) in [6.07, 6.45) is 0.862. The van der Waals surface area contributed by atoms with Gasteiger partial charge in [0.15, 0.2) is 0 Å². The molecule has 0 spiro atoms. The predicted molar refractivity (Wildman–Crippen MR) is 91.5 cm³/mol. The number of amides is 1. The minimum absolute atomic E-state index is 0.0110. The zero-order chi connectivity index (χ0) is 18.1. The average Bonchev–Trinajstić information content (AvgIpc) is 2.94. The van der Waals surface area contributed by atoms with Crippen molar-refractivity contribution in [3.8, 4) is 5.75 Å². The smallest absolute Gasteiger partial charge is 0.254 e. The quantitative estimate of drug-likeness (QED) is 0.841. The standard InChI is InChI=1S/C16H25N3O4S/c1-11-7-12(9-17)10-19(11)16(20)13-5-6-14(23-4)15(8-13)24(21,22)18(2)3/h5-6,8,11-12H,7,9-10,17H2,1-4H3. The first-order chi connectivity index (χ1) is 11.2. The third-order valence-electron chi connectivity index (χ3n) is 4.42. The van der Waals surface area contributed by atoms with Gasteiger partial charge in [0.1, 0.15) is 10.6 Å². The molecule has 2 N–H and O–H groups in total. The number of carbonyl (C=O) groups excluding carboxylic acids is 1. The van der Waals surface area contributed by atoms with E-state index in [0.717, 1.165) is 10.7 Å². The highest BCUT2D eigenvalue weighted by Gasteiger charge is 2.33. The fraction of sp³-hybridized carbons (Fsp3) is 0.562. The fourth-order valence-corrected chi connectivity index (χ4v) is 4.04. The third-order valence-corrected chi connectivity index (χ3v) is 6.26. The first-order valence-electron chi connectivity index (χ1n) is 7.84. The Hall–Kier alpha value is -1.64. The van der Waals surface area contributed by atoms with Gasteiger partial charge in [-0.25, -0.2) is 12.7 Å². The van der Waals surface area contributed by atoms with Crippen molar-refractivity contribution in [1.82, 2.24) is 9.21 Å². The number of likely N-dealkylation sites (tertiary alicyclic amines) is 1. The van der Waals surface area contributed by atoms with Crippen molar-refractivity contribution in [1.29, 1.82) is 0 Å². The lowest BCUT2D eigenvalue weighted by Gasteiger charge is -2.22. The van der Waals surface area contributed by atoms with Gasteiger partial charge in [0.05, 0.1) is 7.11 Å². The second kappa shape index (κ2) is 7.08. The Morgan fingerprint density at radius 3 is 2.58 bits per heavy atom. The van der Waals surface area contributed by atoms with E-state index in [1.807, 2.05) is 6.92 Å². The normalized spacial score (nSPS) is 21.3. The summed E-state index contributed by atoms with van der Waals surface area (Å²) in [5, 5.41) is 0. The summed E-state index contributed by atoms with van der Waals surface area (Å²) in [6.45, 7) is 3.11. The molecule has 1 fully saturated rings. The van der Waals surface area contributed by atoms with Gasteiger partial charge in [-0.05, 0) is 44.0 Å². The van der Waals surface area contributed by atoms with Crippen molar-refractivity contribution in [3.05, 3.63) is 23.8 Å². The zero-order valence-electron chi connectivity index (χ0n) is 14.5. The van der Waals surface area contributed by atoms with Gasteiger partial charge in [0.2, 0.25) is 10.0 Å². The van der Waals surface area contributed by atoms with Crippen LogP contribution >= 0.6 is 0 Å². The highest BCUT2D eigenvalue weighted by molar-refractivity contribution is 7.89. The van der Waals surface area contributed by atoms with Crippen LogP contribution in [0.1, 0.15) is 23.7 Å². The topological polar surface area (TPSA) is 92.9 Å². The van der Waals surface area contributed by atoms with E-state index in [-0.39, 0.29) is 28.5 Å². The zero-order valence-corrected chi connectivity index (χ0v) is 15.3. The van der Waals surface area contributed by atoms with Gasteiger partial charge < -0.3 is 15.4 Å². The van der Waals surface area contributed by atoms with Crippen LogP contribution in [-0.2, 0) is 10.0 Å². The maximum atomic E-state index is 12.8. The van der Waals surface area contributed by atoms with E-state index in [0.29, 0.717) is 18.7 Å². The molecule has 2 rings (SSSR count). The van der Waals surface area contributed by atoms with Crippen molar-refractivity contribution < 1.29 is 17.9 Å². The number of rotatable bonds is 5. The number of nitrogens with zero attached hydrogens (tertiary/aromatic N) is 2. The SMILES string of the molecule is COc1ccc(C(=O)N2CC(CN)CC2C)cc1S(=O)(=O)N(C)C. The van der Waals surface area contributed by atoms with Crippen molar-refractivity contribution in [2.24, 2.45) is 11.7 Å². The van der Waals surface area contributed by atoms with Gasteiger partial charge in [-0.3, -0.25) is 4.79 Å². The molecule has 1 amide bonds. The number of ether oxygens (including phenoxy) is 1. The molecular weight excluding hydrogens is 330 g/mol. The predicted octanol–water partition coefficient (Wildman–Crippen LogP) is 0.755. The van der Waals surface area contributed by atoms with Crippen LogP contribution in [0.3, 0.4) is 0 Å². The molecule has 0 aliphatic carbocycles. The number of benzene rings is 1. The molecule has 2 atom stereocenters. The third kappa shape index (κ3) is 3.40. The molecule has 0 aromatic heterocycles. The largest absolute Gasteiger partial charge is 0.495 e. The molecule has 134 valence electrons. The van der Waals surface area contributed by atoms with Crippen LogP contribution in [0.5, 0.6) is 5.75 Å². The van der Waals surface area contributed by atoms with Crippen LogP contribution < -0.4 is 10.5 Å². The maximum absolute atomic E-state index is 12.8. The molecule has 1 aliphatic rings. The summed E-state index contributed by atoms with van der Waals surface area (Å²) in [5.74, 6) is 0.318. The van der Waals surface area contributed by atoms with Gasteiger partial charge in [0.25, 0.3) is 5.91 Å². The average molecular weight is 355 g/mol. The summed E-state index contributed by atoms with van der Waals surface area (Å²) in [7, 11) is 0.576. The molecule has 24 heavy (non-hydrogen) atoms. The maximum Gasteiger partial charge on any atom is 0.254 e. The van der Waals surface area contributed by atoms with Gasteiger partial charge in [-0.2, -0.15) is 0 Å². The second-order valence-electron chi connectivity index (χ2n) is 6.30. The van der Waals surface area contributed by atoms with Gasteiger partial charge in [-0.15, -0.1) is 0 Å². The van der Waals surface area contributed by atoms with E-state index < -0.39 is 10.0 Å². The molecule has 7 nitrogen and oxygen atoms in total. The van der Waals surface area contributed by atoms with Gasteiger partial charge >= 0.3 is 0 Å². The Kier molecular flexibility index (Phi) is 5.52. The van der Waals surface area contributed by atoms with Crippen molar-refractivity contribution >= 4 is 15.9 Å². The molecule has 0 saturated carbocycles. The molecule has 1 aromatic carbocycles. The molecule has 0 bridgehead atoms. The molecule has 0 radical (unpaired) electrons. The van der Waals surface area contributed by atoms with E-state index in [9.17, 15) is 13.2 Å². The second-order valence-corrected chi connectivity index (χ2v) is 8.42. The monoisotopic (exact) mass is 355 g/mol. The summed E-state index contributed by atoms with van der Waals surface area (Å²) in [6, 6.07) is 4.59. The van der Waals surface area contributed by atoms with E-state index in [2.05, 4.69) is 0 Å². The fourth-order valence-electron chi connectivity index (χ4n) is 2.97. The lowest BCUT2D eigenvalue weighted by molar-refractivity contribution is 0.0743. The number of sulfonamides is 1. The van der Waals surface area contributed by atoms with Crippen LogP contribution in [0.25, 0.3) is 0 Å². The highest BCUT2D eigenvalue weighted by Crippen LogP contribution is 2.29. The minimum Gasteiger partial charge on any atom is -0.495 e. The Morgan fingerprint density at radius 2 is 2.08 bits per heavy atom. The molecule has 1 heterocycles. The summed E-state index contributed by atoms with van der Waals surface area (Å²) >= 11 is 0. The molecule has 1 aliphatic heterocycles. The van der Waals surface area contributed by atoms with E-state index in [1.165, 1.54) is 33.3 Å². The number of methoxy groups -OCH3 is 1. The Bertz CT molecular complexity index is 718. The van der Waals surface area contributed by atoms with E-state index in [4.69, 9.17) is 10.5 Å². The minimum atomic E-state index is -3.71. The van der Waals surface area contributed by atoms with Crippen molar-refractivity contribution in [2.45, 2.75) is 24.3 Å². The van der Waals surface area contributed by atoms with Gasteiger partial charge in [0, 0.05) is 32.2 Å². The van der Waals surface area contributed by atoms with E-state index >= 15 is 0 Å². The van der Waals surface area contributed by atoms with Gasteiger partial charge in [-0.1, -0.05) is 0 Å². The first-order valence-corrected chi connectivity index (χ1v) is 9.28. The van der Waals surface area contributed by atoms with Crippen LogP contribution in [0.4, 0.5) is 0 Å².